The van der Waals surface area contributed by atoms with Gasteiger partial charge in [0.25, 0.3) is 0 Å². The predicted molar refractivity (Wildman–Crippen MR) is 78.6 cm³/mol. The fourth-order valence-electron chi connectivity index (χ4n) is 2.32. The summed E-state index contributed by atoms with van der Waals surface area (Å²) in [6.07, 6.45) is 7.25. The molecule has 5 heteroatoms. The summed E-state index contributed by atoms with van der Waals surface area (Å²) in [6, 6.07) is 0. The topological polar surface area (TPSA) is 37.3 Å². The number of carboxylic acids is 1. The van der Waals surface area contributed by atoms with E-state index in [1.165, 1.54) is 0 Å². The van der Waals surface area contributed by atoms with E-state index in [1.54, 1.807) is 0 Å². The molecule has 0 atom stereocenters. The lowest BCUT2D eigenvalue weighted by Gasteiger charge is -2.15. The Balaban J connectivity index is 3.38. The summed E-state index contributed by atoms with van der Waals surface area (Å²) in [5.41, 5.74) is 0. The maximum atomic E-state index is 13.5. The Morgan fingerprint density at radius 3 is 1.67 bits per heavy atom. The largest absolute Gasteiger partial charge is 0.481 e. The minimum atomic E-state index is -2.65. The van der Waals surface area contributed by atoms with Crippen molar-refractivity contribution in [1.29, 1.82) is 0 Å². The summed E-state index contributed by atoms with van der Waals surface area (Å²) in [5, 5.41) is 8.43. The second-order valence-electron chi connectivity index (χ2n) is 5.72. The molecule has 0 aromatic rings. The zero-order valence-electron chi connectivity index (χ0n) is 12.9. The quantitative estimate of drug-likeness (QED) is 0.391. The third-order valence-electron chi connectivity index (χ3n) is 3.61. The molecule has 126 valence electrons. The number of rotatable bonds is 15. The van der Waals surface area contributed by atoms with Crippen molar-refractivity contribution >= 4 is 5.97 Å². The number of unbranched alkanes of at least 4 members (excludes halogenated alkanes) is 8. The van der Waals surface area contributed by atoms with Crippen molar-refractivity contribution in [3.8, 4) is 0 Å². The van der Waals surface area contributed by atoms with Crippen LogP contribution in [0.25, 0.3) is 0 Å². The monoisotopic (exact) mass is 310 g/mol. The van der Waals surface area contributed by atoms with Gasteiger partial charge in [0, 0.05) is 19.3 Å². The number of carbonyl (C=O) groups is 1. The lowest BCUT2D eigenvalue weighted by Crippen LogP contribution is -2.15. The highest BCUT2D eigenvalue weighted by molar-refractivity contribution is 5.66. The van der Waals surface area contributed by atoms with E-state index in [4.69, 9.17) is 5.11 Å². The van der Waals surface area contributed by atoms with E-state index in [2.05, 4.69) is 0 Å². The van der Waals surface area contributed by atoms with Crippen LogP contribution in [-0.4, -0.2) is 23.7 Å². The molecule has 0 heterocycles. The van der Waals surface area contributed by atoms with Crippen molar-refractivity contribution in [2.24, 2.45) is 0 Å². The normalized spacial score (nSPS) is 11.8. The Bertz CT molecular complexity index is 258. The van der Waals surface area contributed by atoms with Crippen LogP contribution in [0.1, 0.15) is 83.5 Å². The SMILES string of the molecule is O=C(O)CCCCC(F)(F)CCCCCCCCCCF. The van der Waals surface area contributed by atoms with Gasteiger partial charge in [-0.05, 0) is 25.7 Å². The third-order valence-corrected chi connectivity index (χ3v) is 3.61. The summed E-state index contributed by atoms with van der Waals surface area (Å²) < 4.78 is 38.8. The highest BCUT2D eigenvalue weighted by Crippen LogP contribution is 2.28. The minimum Gasteiger partial charge on any atom is -0.481 e. The van der Waals surface area contributed by atoms with E-state index < -0.39 is 11.9 Å². The van der Waals surface area contributed by atoms with Crippen molar-refractivity contribution in [3.63, 3.8) is 0 Å². The molecule has 2 nitrogen and oxygen atoms in total. The van der Waals surface area contributed by atoms with Crippen LogP contribution in [0, 0.1) is 0 Å². The molecule has 0 aromatic carbocycles. The van der Waals surface area contributed by atoms with E-state index >= 15 is 0 Å². The molecule has 0 aliphatic rings. The standard InChI is InChI=1S/C16H29F3O2/c17-14-10-6-4-2-1-3-5-8-12-16(18,19)13-9-7-11-15(20)21/h1-14H2,(H,20,21). The number of alkyl halides is 3. The smallest absolute Gasteiger partial charge is 0.303 e. The molecule has 0 aliphatic carbocycles. The van der Waals surface area contributed by atoms with Crippen LogP contribution < -0.4 is 0 Å². The lowest BCUT2D eigenvalue weighted by atomic mass is 10.0. The number of aliphatic carboxylic acids is 1. The Labute approximate surface area is 126 Å². The van der Waals surface area contributed by atoms with Crippen LogP contribution in [0.3, 0.4) is 0 Å². The molecule has 0 aromatic heterocycles. The molecule has 21 heavy (non-hydrogen) atoms. The summed E-state index contributed by atoms with van der Waals surface area (Å²) in [5.74, 6) is -3.58. The van der Waals surface area contributed by atoms with E-state index in [0.29, 0.717) is 19.3 Å². The molecule has 0 saturated heterocycles. The van der Waals surface area contributed by atoms with Gasteiger partial charge in [-0.3, -0.25) is 9.18 Å². The molecular weight excluding hydrogens is 281 g/mol. The first kappa shape index (κ1) is 20.3. The first-order chi connectivity index (χ1) is 9.98. The predicted octanol–water partition coefficient (Wildman–Crippen LogP) is 5.75. The van der Waals surface area contributed by atoms with Crippen molar-refractivity contribution in [3.05, 3.63) is 0 Å². The van der Waals surface area contributed by atoms with Gasteiger partial charge >= 0.3 is 5.97 Å². The fraction of sp³-hybridized carbons (Fsp3) is 0.938. The molecule has 0 fully saturated rings. The van der Waals surface area contributed by atoms with E-state index in [9.17, 15) is 18.0 Å². The van der Waals surface area contributed by atoms with Gasteiger partial charge in [0.05, 0.1) is 6.67 Å². The van der Waals surface area contributed by atoms with Gasteiger partial charge in [-0.15, -0.1) is 0 Å². The molecule has 0 bridgehead atoms. The zero-order chi connectivity index (χ0) is 16.0. The Morgan fingerprint density at radius 2 is 1.19 bits per heavy atom. The molecule has 0 spiro atoms. The van der Waals surface area contributed by atoms with E-state index in [0.717, 1.165) is 38.5 Å². The van der Waals surface area contributed by atoms with Gasteiger partial charge < -0.3 is 5.11 Å². The molecule has 0 saturated carbocycles. The van der Waals surface area contributed by atoms with Crippen molar-refractivity contribution in [2.75, 3.05) is 6.67 Å². The van der Waals surface area contributed by atoms with E-state index in [1.807, 2.05) is 0 Å². The van der Waals surface area contributed by atoms with Crippen LogP contribution in [0.4, 0.5) is 13.2 Å². The third kappa shape index (κ3) is 15.5. The van der Waals surface area contributed by atoms with Crippen molar-refractivity contribution < 1.29 is 23.1 Å². The van der Waals surface area contributed by atoms with Crippen molar-refractivity contribution in [1.82, 2.24) is 0 Å². The zero-order valence-corrected chi connectivity index (χ0v) is 12.9. The summed E-state index contributed by atoms with van der Waals surface area (Å²) in [6.45, 7) is -0.248. The second-order valence-corrected chi connectivity index (χ2v) is 5.72. The van der Waals surface area contributed by atoms with Crippen LogP contribution in [0.5, 0.6) is 0 Å². The molecule has 1 N–H and O–H groups in total. The van der Waals surface area contributed by atoms with Gasteiger partial charge in [-0.25, -0.2) is 8.78 Å². The summed E-state index contributed by atoms with van der Waals surface area (Å²) >= 11 is 0. The minimum absolute atomic E-state index is 0.0293. The maximum Gasteiger partial charge on any atom is 0.303 e. The van der Waals surface area contributed by atoms with E-state index in [-0.39, 0.29) is 32.4 Å². The van der Waals surface area contributed by atoms with Gasteiger partial charge in [0.15, 0.2) is 0 Å². The molecule has 0 radical (unpaired) electrons. The summed E-state index contributed by atoms with van der Waals surface area (Å²) in [7, 11) is 0. The average molecular weight is 310 g/mol. The van der Waals surface area contributed by atoms with Gasteiger partial charge in [-0.2, -0.15) is 0 Å². The van der Waals surface area contributed by atoms with Crippen LogP contribution in [0.15, 0.2) is 0 Å². The van der Waals surface area contributed by atoms with Crippen LogP contribution >= 0.6 is 0 Å². The average Bonchev–Trinajstić information content (AvgIpc) is 2.42. The lowest BCUT2D eigenvalue weighted by molar-refractivity contribution is -0.137. The highest BCUT2D eigenvalue weighted by Gasteiger charge is 2.27. The molecule has 0 amide bonds. The van der Waals surface area contributed by atoms with Crippen LogP contribution in [0.2, 0.25) is 0 Å². The van der Waals surface area contributed by atoms with Gasteiger partial charge in [0.2, 0.25) is 5.92 Å². The maximum absolute atomic E-state index is 13.5. The molecule has 0 rings (SSSR count). The van der Waals surface area contributed by atoms with Crippen molar-refractivity contribution in [2.45, 2.75) is 89.4 Å². The number of hydrogen-bond acceptors (Lipinski definition) is 1. The molecule has 0 unspecified atom stereocenters. The van der Waals surface area contributed by atoms with Crippen LogP contribution in [-0.2, 0) is 4.79 Å². The first-order valence-electron chi connectivity index (χ1n) is 8.13. The van der Waals surface area contributed by atoms with Gasteiger partial charge in [-0.1, -0.05) is 38.5 Å². The first-order valence-corrected chi connectivity index (χ1v) is 8.13. The number of halogens is 3. The fourth-order valence-corrected chi connectivity index (χ4v) is 2.32. The highest BCUT2D eigenvalue weighted by atomic mass is 19.3. The number of hydrogen-bond donors (Lipinski definition) is 1. The summed E-state index contributed by atoms with van der Waals surface area (Å²) in [4.78, 5) is 10.3. The Morgan fingerprint density at radius 1 is 0.762 bits per heavy atom. The number of carboxylic acid groups (broad SMARTS) is 1. The molecular formula is C16H29F3O2. The van der Waals surface area contributed by atoms with Gasteiger partial charge in [0.1, 0.15) is 0 Å². The second kappa shape index (κ2) is 13.0. The Hall–Kier alpha value is -0.740. The molecule has 0 aliphatic heterocycles. The Kier molecular flexibility index (Phi) is 12.5.